The van der Waals surface area contributed by atoms with E-state index in [-0.39, 0.29) is 17.2 Å². The number of ether oxygens (including phenoxy) is 1. The Labute approximate surface area is 116 Å². The van der Waals surface area contributed by atoms with Crippen LogP contribution in [0.3, 0.4) is 0 Å². The van der Waals surface area contributed by atoms with E-state index in [1.54, 1.807) is 6.92 Å². The maximum Gasteiger partial charge on any atom is 0.300 e. The number of likely N-dealkylation sites (N-methyl/N-ethyl adjacent to an activating group) is 1. The molecule has 0 aromatic heterocycles. The van der Waals surface area contributed by atoms with Gasteiger partial charge < -0.3 is 25.2 Å². The maximum absolute atomic E-state index is 11.6. The number of hydrogen-bond donors (Lipinski definition) is 3. The minimum Gasteiger partial charge on any atom is -0.504 e. The Kier molecular flexibility index (Phi) is 6.84. The van der Waals surface area contributed by atoms with Gasteiger partial charge in [-0.25, -0.2) is 0 Å². The van der Waals surface area contributed by atoms with Crippen LogP contribution in [0, 0.1) is 0 Å². The van der Waals surface area contributed by atoms with Gasteiger partial charge in [0.15, 0.2) is 11.5 Å². The second-order valence-electron chi connectivity index (χ2n) is 3.75. The topological polar surface area (TPSA) is 116 Å². The van der Waals surface area contributed by atoms with Crippen molar-refractivity contribution in [3.05, 3.63) is 23.4 Å². The highest BCUT2D eigenvalue weighted by Crippen LogP contribution is 2.24. The highest BCUT2D eigenvalue weighted by molar-refractivity contribution is 6.02. The van der Waals surface area contributed by atoms with Crippen molar-refractivity contribution in [3.63, 3.8) is 0 Å². The van der Waals surface area contributed by atoms with Crippen molar-refractivity contribution in [2.45, 2.75) is 20.8 Å². The molecule has 20 heavy (non-hydrogen) atoms. The molecule has 0 radical (unpaired) electrons. The van der Waals surface area contributed by atoms with E-state index < -0.39 is 17.8 Å². The van der Waals surface area contributed by atoms with Crippen LogP contribution in [0.5, 0.6) is 0 Å². The van der Waals surface area contributed by atoms with Crippen LogP contribution in [0.15, 0.2) is 23.4 Å². The third-order valence-electron chi connectivity index (χ3n) is 2.02. The van der Waals surface area contributed by atoms with E-state index in [4.69, 9.17) is 14.6 Å². The molecule has 0 atom stereocenters. The average molecular weight is 286 g/mol. The maximum atomic E-state index is 11.6. The molecule has 1 aliphatic heterocycles. The van der Waals surface area contributed by atoms with E-state index in [1.807, 2.05) is 0 Å². The summed E-state index contributed by atoms with van der Waals surface area (Å²) in [5.41, 5.74) is 0.108. The molecule has 8 nitrogen and oxygen atoms in total. The molecule has 8 heteroatoms. The van der Waals surface area contributed by atoms with Gasteiger partial charge >= 0.3 is 0 Å². The Balaban J connectivity index is 0.000000796. The van der Waals surface area contributed by atoms with Crippen molar-refractivity contribution < 1.29 is 29.3 Å². The predicted molar refractivity (Wildman–Crippen MR) is 69.3 cm³/mol. The molecule has 3 N–H and O–H groups in total. The van der Waals surface area contributed by atoms with E-state index in [9.17, 15) is 14.7 Å². The fourth-order valence-electron chi connectivity index (χ4n) is 1.25. The van der Waals surface area contributed by atoms with Crippen molar-refractivity contribution in [1.82, 2.24) is 10.2 Å². The van der Waals surface area contributed by atoms with Crippen LogP contribution in [0.2, 0.25) is 0 Å². The first kappa shape index (κ1) is 17.5. The lowest BCUT2D eigenvalue weighted by atomic mass is 10.3. The number of carbonyl (C=O) groups is 3. The first-order valence-corrected chi connectivity index (χ1v) is 5.72. The second-order valence-corrected chi connectivity index (χ2v) is 3.75. The van der Waals surface area contributed by atoms with Crippen molar-refractivity contribution >= 4 is 17.8 Å². The summed E-state index contributed by atoms with van der Waals surface area (Å²) in [7, 11) is 1.48. The fourth-order valence-corrected chi connectivity index (χ4v) is 1.25. The van der Waals surface area contributed by atoms with Gasteiger partial charge in [-0.3, -0.25) is 14.4 Å². The number of aliphatic carboxylic acids is 1. The van der Waals surface area contributed by atoms with Gasteiger partial charge in [-0.2, -0.15) is 0 Å². The SMILES string of the molecule is CC(=O)O.CCO/C=C1\C(O)=C(NC(C)=O)C(=O)N1C. The molecule has 2 amide bonds. The van der Waals surface area contributed by atoms with Crippen LogP contribution >= 0.6 is 0 Å². The molecule has 112 valence electrons. The number of amides is 2. The van der Waals surface area contributed by atoms with Crippen LogP contribution in [0.1, 0.15) is 20.8 Å². The molecule has 1 rings (SSSR count). The van der Waals surface area contributed by atoms with E-state index >= 15 is 0 Å². The van der Waals surface area contributed by atoms with Crippen LogP contribution in [-0.4, -0.2) is 46.6 Å². The van der Waals surface area contributed by atoms with Crippen molar-refractivity contribution in [1.29, 1.82) is 0 Å². The zero-order chi connectivity index (χ0) is 15.9. The molecule has 0 spiro atoms. The molecule has 0 aromatic carbocycles. The summed E-state index contributed by atoms with van der Waals surface area (Å²) in [6.45, 7) is 4.55. The summed E-state index contributed by atoms with van der Waals surface area (Å²) >= 11 is 0. The Hall–Kier alpha value is -2.51. The van der Waals surface area contributed by atoms with Gasteiger partial charge in [-0.1, -0.05) is 0 Å². The van der Waals surface area contributed by atoms with Crippen LogP contribution < -0.4 is 5.32 Å². The van der Waals surface area contributed by atoms with Crippen LogP contribution in [-0.2, 0) is 19.1 Å². The summed E-state index contributed by atoms with van der Waals surface area (Å²) < 4.78 is 5.00. The molecule has 1 heterocycles. The van der Waals surface area contributed by atoms with E-state index in [0.717, 1.165) is 6.92 Å². The Morgan fingerprint density at radius 1 is 1.40 bits per heavy atom. The zero-order valence-electron chi connectivity index (χ0n) is 11.8. The molecule has 0 bridgehead atoms. The Morgan fingerprint density at radius 3 is 2.30 bits per heavy atom. The second kappa shape index (κ2) is 7.82. The summed E-state index contributed by atoms with van der Waals surface area (Å²) in [6, 6.07) is 0. The molecule has 1 aliphatic rings. The Morgan fingerprint density at radius 2 is 1.90 bits per heavy atom. The minimum absolute atomic E-state index is 0.124. The Bertz CT molecular complexity index is 463. The number of hydrogen-bond acceptors (Lipinski definition) is 5. The lowest BCUT2D eigenvalue weighted by molar-refractivity contribution is -0.134. The lowest BCUT2D eigenvalue weighted by Crippen LogP contribution is -2.29. The number of carboxylic acids is 1. The molecular formula is C12H18N2O6. The number of carboxylic acid groups (broad SMARTS) is 1. The lowest BCUT2D eigenvalue weighted by Gasteiger charge is -2.10. The zero-order valence-corrected chi connectivity index (χ0v) is 11.8. The van der Waals surface area contributed by atoms with Gasteiger partial charge in [-0.05, 0) is 6.92 Å². The standard InChI is InChI=1S/C10H14N2O4.C2H4O2/c1-4-16-5-7-9(14)8(11-6(2)13)10(15)12(7)3;1-2(3)4/h5,14H,4H2,1-3H3,(H,11,13);1H3,(H,3,4)/b7-5+;. The fraction of sp³-hybridized carbons (Fsp3) is 0.417. The van der Waals surface area contributed by atoms with Crippen molar-refractivity contribution in [2.75, 3.05) is 13.7 Å². The van der Waals surface area contributed by atoms with Crippen LogP contribution in [0.4, 0.5) is 0 Å². The number of nitrogens with one attached hydrogen (secondary N) is 1. The van der Waals surface area contributed by atoms with Crippen LogP contribution in [0.25, 0.3) is 0 Å². The van der Waals surface area contributed by atoms with Gasteiger partial charge in [-0.15, -0.1) is 0 Å². The third-order valence-corrected chi connectivity index (χ3v) is 2.02. The highest BCUT2D eigenvalue weighted by Gasteiger charge is 2.33. The van der Waals surface area contributed by atoms with E-state index in [2.05, 4.69) is 5.32 Å². The predicted octanol–water partition coefficient (Wildman–Crippen LogP) is 0.333. The van der Waals surface area contributed by atoms with Gasteiger partial charge in [0.2, 0.25) is 5.91 Å². The molecule has 0 unspecified atom stereocenters. The quantitative estimate of drug-likeness (QED) is 0.644. The number of aliphatic hydroxyl groups is 1. The monoisotopic (exact) mass is 286 g/mol. The number of rotatable bonds is 3. The van der Waals surface area contributed by atoms with E-state index in [0.29, 0.717) is 6.61 Å². The molecule has 0 saturated carbocycles. The summed E-state index contributed by atoms with van der Waals surface area (Å²) in [5.74, 6) is -2.00. The normalized spacial score (nSPS) is 15.9. The summed E-state index contributed by atoms with van der Waals surface area (Å²) in [4.78, 5) is 32.7. The third kappa shape index (κ3) is 5.01. The first-order valence-electron chi connectivity index (χ1n) is 5.72. The molecule has 0 aliphatic carbocycles. The molecule has 0 fully saturated rings. The highest BCUT2D eigenvalue weighted by atomic mass is 16.5. The smallest absolute Gasteiger partial charge is 0.300 e. The largest absolute Gasteiger partial charge is 0.504 e. The molecule has 0 aromatic rings. The number of aliphatic hydroxyl groups excluding tert-OH is 1. The van der Waals surface area contributed by atoms with Gasteiger partial charge in [0, 0.05) is 20.9 Å². The molecule has 0 saturated heterocycles. The summed E-state index contributed by atoms with van der Waals surface area (Å²) in [6.07, 6.45) is 1.28. The van der Waals surface area contributed by atoms with Crippen molar-refractivity contribution in [3.8, 4) is 0 Å². The average Bonchev–Trinajstić information content (AvgIpc) is 2.51. The van der Waals surface area contributed by atoms with Gasteiger partial charge in [0.1, 0.15) is 12.0 Å². The van der Waals surface area contributed by atoms with Gasteiger partial charge in [0.05, 0.1) is 6.61 Å². The first-order chi connectivity index (χ1) is 9.22. The number of nitrogens with zero attached hydrogens (tertiary/aromatic N) is 1. The minimum atomic E-state index is -0.833. The van der Waals surface area contributed by atoms with Gasteiger partial charge in [0.25, 0.3) is 11.9 Å². The summed E-state index contributed by atoms with van der Waals surface area (Å²) in [5, 5.41) is 19.4. The number of carbonyl (C=O) groups excluding carboxylic acids is 2. The van der Waals surface area contributed by atoms with Crippen molar-refractivity contribution in [2.24, 2.45) is 0 Å². The molecular weight excluding hydrogens is 268 g/mol. The van der Waals surface area contributed by atoms with E-state index in [1.165, 1.54) is 25.1 Å².